The van der Waals surface area contributed by atoms with E-state index in [0.717, 1.165) is 53.8 Å². The normalized spacial score (nSPS) is 15.2. The van der Waals surface area contributed by atoms with Crippen molar-refractivity contribution in [3.05, 3.63) is 63.6 Å². The van der Waals surface area contributed by atoms with E-state index in [-0.39, 0.29) is 34.2 Å². The second-order valence-electron chi connectivity index (χ2n) is 9.37. The van der Waals surface area contributed by atoms with Gasteiger partial charge in [0, 0.05) is 12.6 Å². The molecular formula is C26H33Cl2N3O4S. The van der Waals surface area contributed by atoms with Crippen molar-refractivity contribution in [3.8, 4) is 0 Å². The van der Waals surface area contributed by atoms with Gasteiger partial charge in [-0.1, -0.05) is 78.4 Å². The predicted octanol–water partition coefficient (Wildman–Crippen LogP) is 4.93. The summed E-state index contributed by atoms with van der Waals surface area (Å²) < 4.78 is 26.3. The van der Waals surface area contributed by atoms with Crippen LogP contribution in [0.15, 0.2) is 42.5 Å². The Morgan fingerprint density at radius 1 is 1.06 bits per heavy atom. The number of hydrogen-bond acceptors (Lipinski definition) is 4. The van der Waals surface area contributed by atoms with Crippen molar-refractivity contribution in [2.24, 2.45) is 0 Å². The summed E-state index contributed by atoms with van der Waals surface area (Å²) in [5.74, 6) is -0.780. The van der Waals surface area contributed by atoms with E-state index in [0.29, 0.717) is 0 Å². The molecule has 196 valence electrons. The quantitative estimate of drug-likeness (QED) is 0.476. The highest BCUT2D eigenvalue weighted by molar-refractivity contribution is 7.92. The van der Waals surface area contributed by atoms with Gasteiger partial charge in [0.05, 0.1) is 22.0 Å². The van der Waals surface area contributed by atoms with E-state index in [1.54, 1.807) is 13.0 Å². The molecule has 0 aromatic heterocycles. The van der Waals surface area contributed by atoms with Gasteiger partial charge < -0.3 is 10.2 Å². The summed E-state index contributed by atoms with van der Waals surface area (Å²) in [6.07, 6.45) is 6.12. The molecule has 1 saturated carbocycles. The minimum absolute atomic E-state index is 0.0329. The van der Waals surface area contributed by atoms with Crippen molar-refractivity contribution in [2.45, 2.75) is 64.6 Å². The second-order valence-corrected chi connectivity index (χ2v) is 12.1. The Morgan fingerprint density at radius 3 is 2.31 bits per heavy atom. The summed E-state index contributed by atoms with van der Waals surface area (Å²) in [5.41, 5.74) is 2.01. The molecule has 0 bridgehead atoms. The van der Waals surface area contributed by atoms with E-state index in [2.05, 4.69) is 5.32 Å². The average molecular weight is 555 g/mol. The Bertz CT molecular complexity index is 1180. The third-order valence-electron chi connectivity index (χ3n) is 6.47. The van der Waals surface area contributed by atoms with E-state index >= 15 is 0 Å². The lowest BCUT2D eigenvalue weighted by Gasteiger charge is -2.33. The number of nitrogens with zero attached hydrogens (tertiary/aromatic N) is 2. The SMILES string of the molecule is Cc1ccc(CN(C(=O)CN(c2cccc(Cl)c2Cl)S(C)(=O)=O)C(C)C(=O)NC2CCCCC2)cc1. The predicted molar refractivity (Wildman–Crippen MR) is 145 cm³/mol. The Morgan fingerprint density at radius 2 is 1.69 bits per heavy atom. The number of sulfonamides is 1. The molecule has 1 unspecified atom stereocenters. The zero-order chi connectivity index (χ0) is 26.5. The van der Waals surface area contributed by atoms with E-state index < -0.39 is 28.5 Å². The largest absolute Gasteiger partial charge is 0.352 e. The number of benzene rings is 2. The number of carbonyl (C=O) groups is 2. The maximum atomic E-state index is 13.6. The maximum Gasteiger partial charge on any atom is 0.244 e. The molecule has 0 saturated heterocycles. The zero-order valence-corrected chi connectivity index (χ0v) is 23.2. The molecule has 1 fully saturated rings. The number of hydrogen-bond donors (Lipinski definition) is 1. The molecule has 10 heteroatoms. The van der Waals surface area contributed by atoms with Gasteiger partial charge in [0.2, 0.25) is 21.8 Å². The van der Waals surface area contributed by atoms with Crippen LogP contribution < -0.4 is 9.62 Å². The third-order valence-corrected chi connectivity index (χ3v) is 8.41. The summed E-state index contributed by atoms with van der Waals surface area (Å²) in [7, 11) is -3.89. The van der Waals surface area contributed by atoms with Crippen LogP contribution in [0.4, 0.5) is 5.69 Å². The molecular weight excluding hydrogens is 521 g/mol. The first-order valence-corrected chi connectivity index (χ1v) is 14.6. The molecule has 7 nitrogen and oxygen atoms in total. The third kappa shape index (κ3) is 7.37. The van der Waals surface area contributed by atoms with Gasteiger partial charge in [-0.2, -0.15) is 0 Å². The second kappa shape index (κ2) is 12.3. The van der Waals surface area contributed by atoms with Crippen LogP contribution in [-0.4, -0.2) is 50.0 Å². The number of rotatable bonds is 9. The molecule has 2 aromatic carbocycles. The molecule has 1 atom stereocenters. The van der Waals surface area contributed by atoms with Crippen LogP contribution in [0, 0.1) is 6.92 Å². The van der Waals surface area contributed by atoms with Crippen LogP contribution >= 0.6 is 23.2 Å². The van der Waals surface area contributed by atoms with Crippen LogP contribution in [0.2, 0.25) is 10.0 Å². The number of aryl methyl sites for hydroxylation is 1. The van der Waals surface area contributed by atoms with Gasteiger partial charge in [-0.05, 0) is 44.4 Å². The van der Waals surface area contributed by atoms with Gasteiger partial charge in [-0.3, -0.25) is 13.9 Å². The first-order valence-electron chi connectivity index (χ1n) is 12.0. The standard InChI is InChI=1S/C26H33Cl2N3O4S/c1-18-12-14-20(15-13-18)16-30(19(2)26(33)29-21-8-5-4-6-9-21)24(32)17-31(36(3,34)35)23-11-7-10-22(27)25(23)28/h7,10-15,19,21H,4-6,8-9,16-17H2,1-3H3,(H,29,33). The molecule has 1 aliphatic rings. The van der Waals surface area contributed by atoms with Gasteiger partial charge in [-0.15, -0.1) is 0 Å². The lowest BCUT2D eigenvalue weighted by Crippen LogP contribution is -2.53. The Kier molecular flexibility index (Phi) is 9.66. The molecule has 0 spiro atoms. The summed E-state index contributed by atoms with van der Waals surface area (Å²) in [6.45, 7) is 3.26. The van der Waals surface area contributed by atoms with E-state index in [4.69, 9.17) is 23.2 Å². The Labute approximate surface area is 223 Å². The summed E-state index contributed by atoms with van der Waals surface area (Å²) in [5, 5.41) is 3.28. The molecule has 1 aliphatic carbocycles. The monoisotopic (exact) mass is 553 g/mol. The molecule has 0 heterocycles. The average Bonchev–Trinajstić information content (AvgIpc) is 2.83. The highest BCUT2D eigenvalue weighted by Crippen LogP contribution is 2.33. The number of carbonyl (C=O) groups excluding carboxylic acids is 2. The Balaban J connectivity index is 1.89. The molecule has 0 aliphatic heterocycles. The van der Waals surface area contributed by atoms with Gasteiger partial charge >= 0.3 is 0 Å². The minimum atomic E-state index is -3.89. The fraction of sp³-hybridized carbons (Fsp3) is 0.462. The van der Waals surface area contributed by atoms with E-state index in [1.807, 2.05) is 31.2 Å². The molecule has 3 rings (SSSR count). The highest BCUT2D eigenvalue weighted by atomic mass is 35.5. The van der Waals surface area contributed by atoms with Crippen molar-refractivity contribution in [3.63, 3.8) is 0 Å². The molecule has 1 N–H and O–H groups in total. The van der Waals surface area contributed by atoms with Crippen LogP contribution in [-0.2, 0) is 26.2 Å². The van der Waals surface area contributed by atoms with Crippen LogP contribution in [0.25, 0.3) is 0 Å². The van der Waals surface area contributed by atoms with Gasteiger partial charge in [0.1, 0.15) is 12.6 Å². The number of amides is 2. The maximum absolute atomic E-state index is 13.6. The van der Waals surface area contributed by atoms with Crippen LogP contribution in [0.5, 0.6) is 0 Å². The molecule has 36 heavy (non-hydrogen) atoms. The highest BCUT2D eigenvalue weighted by Gasteiger charge is 2.32. The first kappa shape index (κ1) is 28.3. The lowest BCUT2D eigenvalue weighted by atomic mass is 9.95. The van der Waals surface area contributed by atoms with Crippen LogP contribution in [0.1, 0.15) is 50.2 Å². The van der Waals surface area contributed by atoms with Crippen molar-refractivity contribution < 1.29 is 18.0 Å². The van der Waals surface area contributed by atoms with Crippen molar-refractivity contribution >= 4 is 50.7 Å². The number of halogens is 2. The molecule has 2 amide bonds. The van der Waals surface area contributed by atoms with Crippen molar-refractivity contribution in [1.29, 1.82) is 0 Å². The van der Waals surface area contributed by atoms with Gasteiger partial charge in [0.25, 0.3) is 0 Å². The summed E-state index contributed by atoms with van der Waals surface area (Å²) in [6, 6.07) is 11.5. The zero-order valence-electron chi connectivity index (χ0n) is 20.8. The molecule has 0 radical (unpaired) electrons. The van der Waals surface area contributed by atoms with E-state index in [9.17, 15) is 18.0 Å². The number of nitrogens with one attached hydrogen (secondary N) is 1. The lowest BCUT2D eigenvalue weighted by molar-refractivity contribution is -0.139. The van der Waals surface area contributed by atoms with Crippen molar-refractivity contribution in [2.75, 3.05) is 17.1 Å². The number of anilines is 1. The summed E-state index contributed by atoms with van der Waals surface area (Å²) in [4.78, 5) is 28.2. The smallest absolute Gasteiger partial charge is 0.244 e. The Hall–Kier alpha value is -2.29. The fourth-order valence-corrected chi connectivity index (χ4v) is 5.62. The molecule has 2 aromatic rings. The van der Waals surface area contributed by atoms with Crippen molar-refractivity contribution in [1.82, 2.24) is 10.2 Å². The first-order chi connectivity index (χ1) is 17.0. The van der Waals surface area contributed by atoms with Crippen LogP contribution in [0.3, 0.4) is 0 Å². The van der Waals surface area contributed by atoms with Gasteiger partial charge in [-0.25, -0.2) is 8.42 Å². The fourth-order valence-electron chi connectivity index (χ4n) is 4.32. The summed E-state index contributed by atoms with van der Waals surface area (Å²) >= 11 is 12.4. The van der Waals surface area contributed by atoms with Gasteiger partial charge in [0.15, 0.2) is 0 Å². The minimum Gasteiger partial charge on any atom is -0.352 e. The topological polar surface area (TPSA) is 86.8 Å². The van der Waals surface area contributed by atoms with E-state index in [1.165, 1.54) is 17.0 Å².